The van der Waals surface area contributed by atoms with Crippen LogP contribution in [-0.2, 0) is 14.6 Å². The first-order valence-corrected chi connectivity index (χ1v) is 10.8. The number of nitrogens with one attached hydrogen (secondary N) is 1. The van der Waals surface area contributed by atoms with Crippen LogP contribution in [0.4, 0.5) is 5.69 Å². The summed E-state index contributed by atoms with van der Waals surface area (Å²) in [4.78, 5) is 18.1. The molecule has 0 saturated carbocycles. The number of fused-ring (bicyclic) bond motifs is 1. The number of likely N-dealkylation sites (N-methyl/N-ethyl adjacent to an activating group) is 1. The summed E-state index contributed by atoms with van der Waals surface area (Å²) in [5.74, 6) is -0.295. The fourth-order valence-electron chi connectivity index (χ4n) is 2.98. The van der Waals surface area contributed by atoms with E-state index in [1.165, 1.54) is 18.0 Å². The number of nitriles is 1. The van der Waals surface area contributed by atoms with Gasteiger partial charge in [-0.15, -0.1) is 0 Å². The van der Waals surface area contributed by atoms with Crippen molar-refractivity contribution in [2.75, 3.05) is 23.0 Å². The number of benzene rings is 1. The maximum atomic E-state index is 12.0. The highest BCUT2D eigenvalue weighted by atomic mass is 32.2. The molecule has 1 amide bonds. The monoisotopic (exact) mass is 390 g/mol. The Morgan fingerprint density at radius 3 is 2.81 bits per heavy atom. The van der Waals surface area contributed by atoms with E-state index in [-0.39, 0.29) is 28.4 Å². The van der Waals surface area contributed by atoms with Gasteiger partial charge in [-0.2, -0.15) is 5.26 Å². The lowest BCUT2D eigenvalue weighted by Crippen LogP contribution is -2.37. The number of carbonyl (C=O) groups is 1. The van der Waals surface area contributed by atoms with Crippen molar-refractivity contribution in [2.24, 2.45) is 4.99 Å². The van der Waals surface area contributed by atoms with Gasteiger partial charge in [0.25, 0.3) is 5.91 Å². The molecule has 0 spiro atoms. The third kappa shape index (κ3) is 3.76. The Labute approximate surface area is 156 Å². The molecule has 1 aromatic rings. The number of carbonyl (C=O) groups excluding carboxylic acids is 1. The van der Waals surface area contributed by atoms with Crippen LogP contribution in [0.1, 0.15) is 6.92 Å². The van der Waals surface area contributed by atoms with Crippen molar-refractivity contribution >= 4 is 38.4 Å². The van der Waals surface area contributed by atoms with Crippen LogP contribution in [0.15, 0.2) is 47.1 Å². The minimum atomic E-state index is -3.08. The van der Waals surface area contributed by atoms with Crippen LogP contribution in [0, 0.1) is 11.3 Å². The Morgan fingerprint density at radius 2 is 2.15 bits per heavy atom. The lowest BCUT2D eigenvalue weighted by Gasteiger charge is -2.24. The third-order valence-electron chi connectivity index (χ3n) is 4.11. The summed E-state index contributed by atoms with van der Waals surface area (Å²) in [5.41, 5.74) is 0.755. The molecule has 136 valence electrons. The van der Waals surface area contributed by atoms with Gasteiger partial charge in [0.05, 0.1) is 23.7 Å². The zero-order chi connectivity index (χ0) is 18.7. The SMILES string of the molecule is CCNC(=O)/C(C#N)=C/N=C1SC2CS(=O)(=O)CC2N1c1ccccc1. The van der Waals surface area contributed by atoms with E-state index in [9.17, 15) is 13.2 Å². The molecule has 2 atom stereocenters. The van der Waals surface area contributed by atoms with Gasteiger partial charge >= 0.3 is 0 Å². The average Bonchev–Trinajstić information content (AvgIpc) is 3.07. The standard InChI is InChI=1S/C17H18N4O3S2/c1-2-19-16(22)12(8-18)9-20-17-21(13-6-4-3-5-7-13)14-10-26(23,24)11-15(14)25-17/h3-7,9,14-15H,2,10-11H2,1H3,(H,19,22)/b12-9+,20-17?. The molecular formula is C17H18N4O3S2. The second-order valence-corrected chi connectivity index (χ2v) is 9.29. The quantitative estimate of drug-likeness (QED) is 0.614. The minimum Gasteiger partial charge on any atom is -0.352 e. The molecule has 2 aliphatic heterocycles. The third-order valence-corrected chi connectivity index (χ3v) is 7.33. The number of amides is 1. The summed E-state index contributed by atoms with van der Waals surface area (Å²) in [5, 5.41) is 12.2. The largest absolute Gasteiger partial charge is 0.352 e. The van der Waals surface area contributed by atoms with E-state index in [2.05, 4.69) is 10.3 Å². The summed E-state index contributed by atoms with van der Waals surface area (Å²) in [6.07, 6.45) is 1.25. The Kier molecular flexibility index (Phi) is 5.34. The van der Waals surface area contributed by atoms with Gasteiger partial charge in [-0.1, -0.05) is 30.0 Å². The summed E-state index contributed by atoms with van der Waals surface area (Å²) in [6, 6.07) is 11.1. The molecule has 2 aliphatic rings. The first-order chi connectivity index (χ1) is 12.4. The van der Waals surface area contributed by atoms with Crippen LogP contribution in [-0.4, -0.2) is 48.8 Å². The molecule has 0 aromatic heterocycles. The van der Waals surface area contributed by atoms with Gasteiger partial charge in [-0.3, -0.25) is 4.79 Å². The number of amidine groups is 1. The number of sulfone groups is 1. The van der Waals surface area contributed by atoms with Crippen LogP contribution in [0.5, 0.6) is 0 Å². The van der Waals surface area contributed by atoms with Crippen molar-refractivity contribution in [1.29, 1.82) is 5.26 Å². The number of aliphatic imine (C=N–C) groups is 1. The number of para-hydroxylation sites is 1. The number of anilines is 1. The van der Waals surface area contributed by atoms with Crippen molar-refractivity contribution in [1.82, 2.24) is 5.32 Å². The molecule has 3 rings (SSSR count). The minimum absolute atomic E-state index is 0.0731. The van der Waals surface area contributed by atoms with E-state index in [1.54, 1.807) is 6.92 Å². The fourth-order valence-corrected chi connectivity index (χ4v) is 6.87. The van der Waals surface area contributed by atoms with Crippen molar-refractivity contribution in [3.63, 3.8) is 0 Å². The molecular weight excluding hydrogens is 372 g/mol. The molecule has 0 aliphatic carbocycles. The highest BCUT2D eigenvalue weighted by Gasteiger charge is 2.49. The molecule has 2 heterocycles. The Balaban J connectivity index is 1.96. The lowest BCUT2D eigenvalue weighted by molar-refractivity contribution is -0.117. The zero-order valence-corrected chi connectivity index (χ0v) is 15.8. The Bertz CT molecular complexity index is 904. The maximum Gasteiger partial charge on any atom is 0.263 e. The van der Waals surface area contributed by atoms with Gasteiger partial charge in [-0.05, 0) is 19.1 Å². The molecule has 1 aromatic carbocycles. The van der Waals surface area contributed by atoms with E-state index in [0.29, 0.717) is 11.7 Å². The number of thioether (sulfide) groups is 1. The van der Waals surface area contributed by atoms with Gasteiger partial charge < -0.3 is 10.2 Å². The highest BCUT2D eigenvalue weighted by Crippen LogP contribution is 2.40. The summed E-state index contributed by atoms with van der Waals surface area (Å²) < 4.78 is 24.0. The summed E-state index contributed by atoms with van der Waals surface area (Å²) in [7, 11) is -3.08. The van der Waals surface area contributed by atoms with Gasteiger partial charge in [0, 0.05) is 17.5 Å². The molecule has 0 radical (unpaired) electrons. The summed E-state index contributed by atoms with van der Waals surface area (Å²) in [6.45, 7) is 2.19. The van der Waals surface area contributed by atoms with Crippen LogP contribution in [0.2, 0.25) is 0 Å². The zero-order valence-electron chi connectivity index (χ0n) is 14.1. The molecule has 1 N–H and O–H groups in total. The number of nitrogens with zero attached hydrogens (tertiary/aromatic N) is 3. The van der Waals surface area contributed by atoms with E-state index in [1.807, 2.05) is 41.3 Å². The number of hydrogen-bond donors (Lipinski definition) is 1. The normalized spacial score (nSPS) is 25.8. The van der Waals surface area contributed by atoms with Gasteiger partial charge in [-0.25, -0.2) is 13.4 Å². The molecule has 2 fully saturated rings. The predicted octanol–water partition coefficient (Wildman–Crippen LogP) is 1.30. The van der Waals surface area contributed by atoms with E-state index < -0.39 is 15.7 Å². The maximum absolute atomic E-state index is 12.0. The van der Waals surface area contributed by atoms with Crippen molar-refractivity contribution in [3.8, 4) is 6.07 Å². The first-order valence-electron chi connectivity index (χ1n) is 8.13. The second kappa shape index (κ2) is 7.51. The molecule has 9 heteroatoms. The van der Waals surface area contributed by atoms with Crippen LogP contribution in [0.3, 0.4) is 0 Å². The highest BCUT2D eigenvalue weighted by molar-refractivity contribution is 8.16. The van der Waals surface area contributed by atoms with E-state index in [0.717, 1.165) is 5.69 Å². The van der Waals surface area contributed by atoms with Gasteiger partial charge in [0.1, 0.15) is 11.6 Å². The predicted molar refractivity (Wildman–Crippen MR) is 103 cm³/mol. The van der Waals surface area contributed by atoms with Gasteiger partial charge in [0.2, 0.25) is 0 Å². The van der Waals surface area contributed by atoms with Crippen LogP contribution < -0.4 is 10.2 Å². The molecule has 2 unspecified atom stereocenters. The summed E-state index contributed by atoms with van der Waals surface area (Å²) >= 11 is 1.38. The van der Waals surface area contributed by atoms with Gasteiger partial charge in [0.15, 0.2) is 15.0 Å². The Morgan fingerprint density at radius 1 is 1.42 bits per heavy atom. The molecule has 26 heavy (non-hydrogen) atoms. The van der Waals surface area contributed by atoms with E-state index in [4.69, 9.17) is 5.26 Å². The van der Waals surface area contributed by atoms with Crippen LogP contribution in [0.25, 0.3) is 0 Å². The van der Waals surface area contributed by atoms with Crippen molar-refractivity contribution in [3.05, 3.63) is 42.1 Å². The van der Waals surface area contributed by atoms with Crippen molar-refractivity contribution in [2.45, 2.75) is 18.2 Å². The first kappa shape index (κ1) is 18.5. The van der Waals surface area contributed by atoms with Crippen molar-refractivity contribution < 1.29 is 13.2 Å². The number of rotatable bonds is 4. The number of hydrogen-bond acceptors (Lipinski definition) is 6. The van der Waals surface area contributed by atoms with E-state index >= 15 is 0 Å². The Hall–Kier alpha value is -2.31. The lowest BCUT2D eigenvalue weighted by atomic mass is 10.2. The fraction of sp³-hybridized carbons (Fsp3) is 0.353. The smallest absolute Gasteiger partial charge is 0.263 e. The average molecular weight is 390 g/mol. The second-order valence-electron chi connectivity index (χ2n) is 5.93. The molecule has 7 nitrogen and oxygen atoms in total. The topological polar surface area (TPSA) is 103 Å². The molecule has 2 saturated heterocycles. The molecule has 0 bridgehead atoms. The van der Waals surface area contributed by atoms with Crippen LogP contribution >= 0.6 is 11.8 Å².